The lowest BCUT2D eigenvalue weighted by atomic mass is 9.91. The van der Waals surface area contributed by atoms with Crippen molar-refractivity contribution in [1.82, 2.24) is 5.32 Å². The van der Waals surface area contributed by atoms with E-state index in [2.05, 4.69) is 54.2 Å². The molecule has 0 heterocycles. The molecule has 19 heavy (non-hydrogen) atoms. The molecular weight excluding hydrogens is 302 g/mol. The third kappa shape index (κ3) is 4.81. The van der Waals surface area contributed by atoms with Gasteiger partial charge in [0.1, 0.15) is 5.75 Å². The topological polar surface area (TPSA) is 21.3 Å². The van der Waals surface area contributed by atoms with Crippen LogP contribution in [0.15, 0.2) is 22.7 Å². The van der Waals surface area contributed by atoms with Gasteiger partial charge in [0.15, 0.2) is 0 Å². The molecule has 0 aromatic heterocycles. The number of methoxy groups -OCH3 is 1. The molecule has 108 valence electrons. The quantitative estimate of drug-likeness (QED) is 0.730. The van der Waals surface area contributed by atoms with E-state index in [4.69, 9.17) is 4.74 Å². The Morgan fingerprint density at radius 2 is 1.89 bits per heavy atom. The summed E-state index contributed by atoms with van der Waals surface area (Å²) in [5.41, 5.74) is 1.30. The molecule has 3 heteroatoms. The van der Waals surface area contributed by atoms with Gasteiger partial charge in [0, 0.05) is 10.5 Å². The summed E-state index contributed by atoms with van der Waals surface area (Å²) >= 11 is 3.67. The van der Waals surface area contributed by atoms with Gasteiger partial charge in [-0.2, -0.15) is 0 Å². The Hall–Kier alpha value is -0.540. The molecular formula is C16H26BrNO. The highest BCUT2D eigenvalue weighted by molar-refractivity contribution is 9.10. The minimum Gasteiger partial charge on any atom is -0.497 e. The second kappa shape index (κ2) is 8.60. The van der Waals surface area contributed by atoms with Crippen molar-refractivity contribution in [3.63, 3.8) is 0 Å². The summed E-state index contributed by atoms with van der Waals surface area (Å²) in [5.74, 6) is 1.69. The Bertz CT molecular complexity index is 377. The summed E-state index contributed by atoms with van der Waals surface area (Å²) in [4.78, 5) is 0. The van der Waals surface area contributed by atoms with Crippen LogP contribution < -0.4 is 10.1 Å². The van der Waals surface area contributed by atoms with E-state index in [1.807, 2.05) is 6.07 Å². The summed E-state index contributed by atoms with van der Waals surface area (Å²) in [7, 11) is 1.72. The lowest BCUT2D eigenvalue weighted by molar-refractivity contribution is 0.372. The standard InChI is InChI=1S/C16H26BrNO/c1-5-12(6-2)10-16(18-7-3)14-11-13(19-4)8-9-15(14)17/h8-9,11-12,16,18H,5-7,10H2,1-4H3. The van der Waals surface area contributed by atoms with E-state index in [0.717, 1.165) is 22.7 Å². The van der Waals surface area contributed by atoms with E-state index in [0.29, 0.717) is 6.04 Å². The largest absolute Gasteiger partial charge is 0.497 e. The van der Waals surface area contributed by atoms with Crippen molar-refractivity contribution in [2.75, 3.05) is 13.7 Å². The predicted octanol–water partition coefficient (Wildman–Crippen LogP) is 4.93. The van der Waals surface area contributed by atoms with Crippen molar-refractivity contribution < 1.29 is 4.74 Å². The van der Waals surface area contributed by atoms with Gasteiger partial charge in [0.25, 0.3) is 0 Å². The Labute approximate surface area is 126 Å². The number of ether oxygens (including phenoxy) is 1. The summed E-state index contributed by atoms with van der Waals surface area (Å²) in [6.07, 6.45) is 3.65. The van der Waals surface area contributed by atoms with E-state index in [-0.39, 0.29) is 0 Å². The number of rotatable bonds is 8. The third-order valence-corrected chi connectivity index (χ3v) is 4.48. The van der Waals surface area contributed by atoms with Crippen LogP contribution in [0.25, 0.3) is 0 Å². The molecule has 0 radical (unpaired) electrons. The predicted molar refractivity (Wildman–Crippen MR) is 85.8 cm³/mol. The Morgan fingerprint density at radius 3 is 2.42 bits per heavy atom. The summed E-state index contributed by atoms with van der Waals surface area (Å²) in [6.45, 7) is 7.69. The van der Waals surface area contributed by atoms with E-state index in [9.17, 15) is 0 Å². The maximum Gasteiger partial charge on any atom is 0.119 e. The fraction of sp³-hybridized carbons (Fsp3) is 0.625. The highest BCUT2D eigenvalue weighted by atomic mass is 79.9. The average molecular weight is 328 g/mol. The lowest BCUT2D eigenvalue weighted by Gasteiger charge is -2.24. The van der Waals surface area contributed by atoms with Crippen molar-refractivity contribution in [2.24, 2.45) is 5.92 Å². The Morgan fingerprint density at radius 1 is 1.21 bits per heavy atom. The minimum atomic E-state index is 0.388. The molecule has 0 fully saturated rings. The molecule has 0 aliphatic heterocycles. The Balaban J connectivity index is 2.96. The number of hydrogen-bond donors (Lipinski definition) is 1. The Kier molecular flexibility index (Phi) is 7.47. The average Bonchev–Trinajstić information content (AvgIpc) is 2.44. The summed E-state index contributed by atoms with van der Waals surface area (Å²) in [5, 5.41) is 3.60. The van der Waals surface area contributed by atoms with Gasteiger partial charge in [0.2, 0.25) is 0 Å². The van der Waals surface area contributed by atoms with Gasteiger partial charge >= 0.3 is 0 Å². The van der Waals surface area contributed by atoms with Gasteiger partial charge in [-0.05, 0) is 42.6 Å². The first-order valence-corrected chi connectivity index (χ1v) is 8.02. The molecule has 0 aliphatic rings. The molecule has 0 aliphatic carbocycles. The zero-order valence-corrected chi connectivity index (χ0v) is 14.1. The minimum absolute atomic E-state index is 0.388. The van der Waals surface area contributed by atoms with Crippen molar-refractivity contribution >= 4 is 15.9 Å². The van der Waals surface area contributed by atoms with Crippen LogP contribution in [-0.4, -0.2) is 13.7 Å². The molecule has 1 aromatic rings. The maximum absolute atomic E-state index is 5.35. The van der Waals surface area contributed by atoms with E-state index < -0.39 is 0 Å². The second-order valence-corrected chi connectivity index (χ2v) is 5.77. The van der Waals surface area contributed by atoms with Crippen molar-refractivity contribution in [1.29, 1.82) is 0 Å². The smallest absolute Gasteiger partial charge is 0.119 e. The molecule has 1 unspecified atom stereocenters. The maximum atomic E-state index is 5.35. The van der Waals surface area contributed by atoms with Gasteiger partial charge in [-0.3, -0.25) is 0 Å². The van der Waals surface area contributed by atoms with E-state index >= 15 is 0 Å². The number of benzene rings is 1. The fourth-order valence-corrected chi connectivity index (χ4v) is 2.96. The molecule has 1 N–H and O–H groups in total. The molecule has 1 rings (SSSR count). The monoisotopic (exact) mass is 327 g/mol. The van der Waals surface area contributed by atoms with Crippen LogP contribution in [0.3, 0.4) is 0 Å². The van der Waals surface area contributed by atoms with Gasteiger partial charge < -0.3 is 10.1 Å². The van der Waals surface area contributed by atoms with Crippen LogP contribution in [-0.2, 0) is 0 Å². The van der Waals surface area contributed by atoms with Crippen LogP contribution in [0, 0.1) is 5.92 Å². The molecule has 0 amide bonds. The highest BCUT2D eigenvalue weighted by Gasteiger charge is 2.18. The molecule has 1 aromatic carbocycles. The van der Waals surface area contributed by atoms with Gasteiger partial charge in [0.05, 0.1) is 7.11 Å². The normalized spacial score (nSPS) is 12.7. The zero-order chi connectivity index (χ0) is 14.3. The molecule has 0 bridgehead atoms. The van der Waals surface area contributed by atoms with Crippen LogP contribution in [0.5, 0.6) is 5.75 Å². The second-order valence-electron chi connectivity index (χ2n) is 4.92. The van der Waals surface area contributed by atoms with Crippen molar-refractivity contribution in [3.8, 4) is 5.75 Å². The zero-order valence-electron chi connectivity index (χ0n) is 12.5. The lowest BCUT2D eigenvalue weighted by Crippen LogP contribution is -2.23. The number of halogens is 1. The van der Waals surface area contributed by atoms with Crippen molar-refractivity contribution in [3.05, 3.63) is 28.2 Å². The first-order valence-electron chi connectivity index (χ1n) is 7.22. The first-order chi connectivity index (χ1) is 9.15. The SMILES string of the molecule is CCNC(CC(CC)CC)c1cc(OC)ccc1Br. The first kappa shape index (κ1) is 16.5. The molecule has 2 nitrogen and oxygen atoms in total. The molecule has 1 atom stereocenters. The van der Waals surface area contributed by atoms with Crippen LogP contribution in [0.4, 0.5) is 0 Å². The highest BCUT2D eigenvalue weighted by Crippen LogP contribution is 2.32. The van der Waals surface area contributed by atoms with E-state index in [1.165, 1.54) is 24.8 Å². The summed E-state index contributed by atoms with van der Waals surface area (Å²) in [6, 6.07) is 6.60. The van der Waals surface area contributed by atoms with Gasteiger partial charge in [-0.15, -0.1) is 0 Å². The van der Waals surface area contributed by atoms with E-state index in [1.54, 1.807) is 7.11 Å². The third-order valence-electron chi connectivity index (χ3n) is 3.75. The van der Waals surface area contributed by atoms with Crippen LogP contribution in [0.2, 0.25) is 0 Å². The molecule has 0 saturated heterocycles. The van der Waals surface area contributed by atoms with Crippen LogP contribution >= 0.6 is 15.9 Å². The van der Waals surface area contributed by atoms with Crippen molar-refractivity contribution in [2.45, 2.75) is 46.1 Å². The summed E-state index contributed by atoms with van der Waals surface area (Å²) < 4.78 is 6.50. The van der Waals surface area contributed by atoms with Gasteiger partial charge in [-0.1, -0.05) is 49.5 Å². The van der Waals surface area contributed by atoms with Gasteiger partial charge in [-0.25, -0.2) is 0 Å². The fourth-order valence-electron chi connectivity index (χ4n) is 2.44. The number of hydrogen-bond acceptors (Lipinski definition) is 2. The number of nitrogens with one attached hydrogen (secondary N) is 1. The molecule has 0 saturated carbocycles. The molecule has 0 spiro atoms. The van der Waals surface area contributed by atoms with Crippen LogP contribution in [0.1, 0.15) is 51.6 Å².